The zero-order valence-electron chi connectivity index (χ0n) is 11.2. The Bertz CT molecular complexity index is 568. The third-order valence-electron chi connectivity index (χ3n) is 2.96. The van der Waals surface area contributed by atoms with Crippen molar-refractivity contribution >= 4 is 5.82 Å². The molecule has 0 aliphatic heterocycles. The number of hydrogen-bond donors (Lipinski definition) is 2. The van der Waals surface area contributed by atoms with Crippen molar-refractivity contribution in [2.45, 2.75) is 20.3 Å². The molecule has 0 aliphatic rings. The van der Waals surface area contributed by atoms with Gasteiger partial charge in [0, 0.05) is 29.9 Å². The number of aromatic hydroxyl groups is 1. The van der Waals surface area contributed by atoms with Crippen LogP contribution in [-0.4, -0.2) is 22.1 Å². The van der Waals surface area contributed by atoms with Crippen molar-refractivity contribution in [1.29, 1.82) is 0 Å². The molecule has 2 N–H and O–H groups in total. The fourth-order valence-corrected chi connectivity index (χ4v) is 1.98. The van der Waals surface area contributed by atoms with E-state index in [9.17, 15) is 9.50 Å². The van der Waals surface area contributed by atoms with Crippen LogP contribution >= 0.6 is 0 Å². The summed E-state index contributed by atoms with van der Waals surface area (Å²) in [7, 11) is 1.78. The zero-order valence-corrected chi connectivity index (χ0v) is 11.2. The number of halogens is 1. The van der Waals surface area contributed by atoms with E-state index in [1.54, 1.807) is 7.05 Å². The van der Waals surface area contributed by atoms with Gasteiger partial charge in [-0.2, -0.15) is 0 Å². The second kappa shape index (κ2) is 5.22. The summed E-state index contributed by atoms with van der Waals surface area (Å²) in [5.41, 5.74) is 2.34. The first-order valence-corrected chi connectivity index (χ1v) is 6.10. The lowest BCUT2D eigenvalue weighted by atomic mass is 10.1. The highest BCUT2D eigenvalue weighted by Crippen LogP contribution is 2.25. The molecule has 0 bridgehead atoms. The average Bonchev–Trinajstić information content (AvgIpc) is 2.37. The quantitative estimate of drug-likeness (QED) is 0.892. The molecule has 0 unspecified atom stereocenters. The van der Waals surface area contributed by atoms with Crippen LogP contribution in [0.15, 0.2) is 18.2 Å². The standard InChI is InChI=1S/C14H16FN3O/c1-4-12-8(2)13(16-3)18-14(17-12)9-5-10(15)7-11(19)6-9/h5-7,19H,4H2,1-3H3,(H,16,17,18). The third kappa shape index (κ3) is 2.65. The van der Waals surface area contributed by atoms with Crippen molar-refractivity contribution in [3.63, 3.8) is 0 Å². The summed E-state index contributed by atoms with van der Waals surface area (Å²) in [6.45, 7) is 3.94. The highest BCUT2D eigenvalue weighted by molar-refractivity contribution is 5.61. The van der Waals surface area contributed by atoms with Gasteiger partial charge in [0.15, 0.2) is 5.82 Å². The van der Waals surface area contributed by atoms with Crippen LogP contribution in [0.3, 0.4) is 0 Å². The number of nitrogens with one attached hydrogen (secondary N) is 1. The fourth-order valence-electron chi connectivity index (χ4n) is 1.98. The Hall–Kier alpha value is -2.17. The van der Waals surface area contributed by atoms with Gasteiger partial charge < -0.3 is 10.4 Å². The molecule has 0 amide bonds. The van der Waals surface area contributed by atoms with Crippen LogP contribution in [0.5, 0.6) is 5.75 Å². The third-order valence-corrected chi connectivity index (χ3v) is 2.96. The second-order valence-electron chi connectivity index (χ2n) is 4.27. The van der Waals surface area contributed by atoms with Crippen LogP contribution in [0, 0.1) is 12.7 Å². The Kier molecular flexibility index (Phi) is 3.64. The molecule has 1 aromatic carbocycles. The summed E-state index contributed by atoms with van der Waals surface area (Å²) in [4.78, 5) is 8.77. The molecule has 0 radical (unpaired) electrons. The predicted molar refractivity (Wildman–Crippen MR) is 72.8 cm³/mol. The second-order valence-corrected chi connectivity index (χ2v) is 4.27. The van der Waals surface area contributed by atoms with Crippen molar-refractivity contribution < 1.29 is 9.50 Å². The van der Waals surface area contributed by atoms with Gasteiger partial charge in [0.05, 0.1) is 0 Å². The Labute approximate surface area is 111 Å². The zero-order chi connectivity index (χ0) is 14.0. The van der Waals surface area contributed by atoms with Crippen LogP contribution < -0.4 is 5.32 Å². The largest absolute Gasteiger partial charge is 0.508 e. The van der Waals surface area contributed by atoms with Crippen LogP contribution in [0.2, 0.25) is 0 Å². The van der Waals surface area contributed by atoms with Gasteiger partial charge >= 0.3 is 0 Å². The Balaban J connectivity index is 2.61. The van der Waals surface area contributed by atoms with Gasteiger partial charge in [-0.3, -0.25) is 0 Å². The maximum atomic E-state index is 13.3. The van der Waals surface area contributed by atoms with E-state index in [4.69, 9.17) is 0 Å². The Morgan fingerprint density at radius 3 is 2.58 bits per heavy atom. The number of aryl methyl sites for hydroxylation is 1. The van der Waals surface area contributed by atoms with Gasteiger partial charge in [0.1, 0.15) is 17.4 Å². The molecule has 0 aliphatic carbocycles. The molecule has 2 aromatic rings. The molecule has 0 spiro atoms. The smallest absolute Gasteiger partial charge is 0.162 e. The van der Waals surface area contributed by atoms with Crippen LogP contribution in [0.25, 0.3) is 11.4 Å². The molecule has 0 saturated heterocycles. The molecular weight excluding hydrogens is 245 g/mol. The van der Waals surface area contributed by atoms with E-state index in [0.717, 1.165) is 23.7 Å². The van der Waals surface area contributed by atoms with Crippen LogP contribution in [0.1, 0.15) is 18.2 Å². The van der Waals surface area contributed by atoms with E-state index in [1.807, 2.05) is 13.8 Å². The highest BCUT2D eigenvalue weighted by Gasteiger charge is 2.11. The van der Waals surface area contributed by atoms with E-state index >= 15 is 0 Å². The molecule has 1 heterocycles. The number of phenols is 1. The van der Waals surface area contributed by atoms with E-state index in [2.05, 4.69) is 15.3 Å². The van der Waals surface area contributed by atoms with Crippen molar-refractivity contribution in [1.82, 2.24) is 9.97 Å². The lowest BCUT2D eigenvalue weighted by Gasteiger charge is -2.11. The molecule has 2 rings (SSSR count). The summed E-state index contributed by atoms with van der Waals surface area (Å²) in [6.07, 6.45) is 0.761. The van der Waals surface area contributed by atoms with Crippen molar-refractivity contribution in [2.24, 2.45) is 0 Å². The van der Waals surface area contributed by atoms with Crippen LogP contribution in [-0.2, 0) is 6.42 Å². The monoisotopic (exact) mass is 261 g/mol. The molecule has 100 valence electrons. The van der Waals surface area contributed by atoms with Gasteiger partial charge in [-0.05, 0) is 25.5 Å². The summed E-state index contributed by atoms with van der Waals surface area (Å²) < 4.78 is 13.3. The van der Waals surface area contributed by atoms with E-state index < -0.39 is 5.82 Å². The van der Waals surface area contributed by atoms with Gasteiger partial charge in [-0.15, -0.1) is 0 Å². The van der Waals surface area contributed by atoms with Crippen LogP contribution in [0.4, 0.5) is 10.2 Å². The lowest BCUT2D eigenvalue weighted by Crippen LogP contribution is -2.04. The van der Waals surface area contributed by atoms with Gasteiger partial charge in [0.2, 0.25) is 0 Å². The summed E-state index contributed by atoms with van der Waals surface area (Å²) in [6, 6.07) is 3.81. The average molecular weight is 261 g/mol. The molecule has 4 nitrogen and oxygen atoms in total. The molecule has 0 saturated carbocycles. The van der Waals surface area contributed by atoms with Crippen molar-refractivity contribution in [2.75, 3.05) is 12.4 Å². The van der Waals surface area contributed by atoms with Gasteiger partial charge in [0.25, 0.3) is 0 Å². The minimum Gasteiger partial charge on any atom is -0.508 e. The number of benzene rings is 1. The minimum absolute atomic E-state index is 0.136. The molecule has 0 fully saturated rings. The first kappa shape index (κ1) is 13.3. The number of hydrogen-bond acceptors (Lipinski definition) is 4. The van der Waals surface area contributed by atoms with Gasteiger partial charge in [-0.25, -0.2) is 14.4 Å². The predicted octanol–water partition coefficient (Wildman–Crippen LogP) is 2.90. The molecule has 5 heteroatoms. The maximum absolute atomic E-state index is 13.3. The highest BCUT2D eigenvalue weighted by atomic mass is 19.1. The first-order chi connectivity index (χ1) is 9.05. The number of nitrogens with zero attached hydrogens (tertiary/aromatic N) is 2. The number of anilines is 1. The summed E-state index contributed by atoms with van der Waals surface area (Å²) in [5.74, 6) is 0.471. The maximum Gasteiger partial charge on any atom is 0.162 e. The number of rotatable bonds is 3. The normalized spacial score (nSPS) is 10.5. The van der Waals surface area contributed by atoms with E-state index in [-0.39, 0.29) is 5.75 Å². The SMILES string of the molecule is CCc1nc(-c2cc(O)cc(F)c2)nc(NC)c1C. The Morgan fingerprint density at radius 2 is 2.00 bits per heavy atom. The Morgan fingerprint density at radius 1 is 1.26 bits per heavy atom. The summed E-state index contributed by atoms with van der Waals surface area (Å²) >= 11 is 0. The molecule has 19 heavy (non-hydrogen) atoms. The van der Waals surface area contributed by atoms with Crippen molar-refractivity contribution in [3.05, 3.63) is 35.3 Å². The first-order valence-electron chi connectivity index (χ1n) is 6.10. The fraction of sp³-hybridized carbons (Fsp3) is 0.286. The molecule has 0 atom stereocenters. The topological polar surface area (TPSA) is 58.0 Å². The lowest BCUT2D eigenvalue weighted by molar-refractivity contribution is 0.469. The molecule has 1 aromatic heterocycles. The van der Waals surface area contributed by atoms with E-state index in [1.165, 1.54) is 12.1 Å². The van der Waals surface area contributed by atoms with E-state index in [0.29, 0.717) is 17.2 Å². The minimum atomic E-state index is -0.511. The summed E-state index contributed by atoms with van der Waals surface area (Å²) in [5, 5.41) is 12.5. The van der Waals surface area contributed by atoms with Crippen molar-refractivity contribution in [3.8, 4) is 17.1 Å². The number of phenolic OH excluding ortho intramolecular Hbond substituents is 1. The van der Waals surface area contributed by atoms with Gasteiger partial charge in [-0.1, -0.05) is 6.92 Å². The number of aromatic nitrogens is 2. The molecular formula is C14H16FN3O.